The Morgan fingerprint density at radius 1 is 0.811 bits per heavy atom. The zero-order valence-corrected chi connectivity index (χ0v) is 31.0. The lowest BCUT2D eigenvalue weighted by molar-refractivity contribution is -0.127. The van der Waals surface area contributed by atoms with E-state index < -0.39 is 0 Å². The topological polar surface area (TPSA) is 73.4 Å². The fourth-order valence-corrected chi connectivity index (χ4v) is 5.88. The number of carbonyl (C=O) groups excluding carboxylic acids is 1. The fourth-order valence-electron chi connectivity index (χ4n) is 5.65. The van der Waals surface area contributed by atoms with Crippen LogP contribution in [0.2, 0.25) is 5.02 Å². The zero-order valence-electron chi connectivity index (χ0n) is 29.5. The molecular formula is C42H42Cl2FN3O5. The van der Waals surface area contributed by atoms with Crippen molar-refractivity contribution in [3.05, 3.63) is 148 Å². The lowest BCUT2D eigenvalue weighted by atomic mass is 10.1. The van der Waals surface area contributed by atoms with Crippen LogP contribution in [0.3, 0.4) is 0 Å². The monoisotopic (exact) mass is 757 g/mol. The normalized spacial score (nSPS) is 13.0. The minimum Gasteiger partial charge on any atom is -0.494 e. The molecule has 0 radical (unpaired) electrons. The molecule has 1 amide bonds. The summed E-state index contributed by atoms with van der Waals surface area (Å²) in [4.78, 5) is 21.5. The van der Waals surface area contributed by atoms with E-state index in [4.69, 9.17) is 30.5 Å². The molecule has 4 aromatic carbocycles. The first-order valence-corrected chi connectivity index (χ1v) is 17.7. The van der Waals surface area contributed by atoms with Gasteiger partial charge in [-0.1, -0.05) is 60.1 Å². The molecule has 1 aliphatic heterocycles. The Morgan fingerprint density at radius 3 is 2.23 bits per heavy atom. The maximum absolute atomic E-state index is 13.1. The second kappa shape index (κ2) is 19.7. The molecular weight excluding hydrogens is 716 g/mol. The van der Waals surface area contributed by atoms with Gasteiger partial charge in [0.25, 0.3) is 0 Å². The summed E-state index contributed by atoms with van der Waals surface area (Å²) in [6.45, 7) is 7.28. The third-order valence-corrected chi connectivity index (χ3v) is 8.80. The number of pyridine rings is 1. The number of ether oxygens (including phenoxy) is 4. The van der Waals surface area contributed by atoms with Crippen LogP contribution in [-0.2, 0) is 24.4 Å². The first-order chi connectivity index (χ1) is 25.4. The number of hydrogen-bond acceptors (Lipinski definition) is 7. The first-order valence-electron chi connectivity index (χ1n) is 17.3. The highest BCUT2D eigenvalue weighted by Crippen LogP contribution is 2.30. The summed E-state index contributed by atoms with van der Waals surface area (Å²) < 4.78 is 36.1. The molecule has 0 unspecified atom stereocenters. The average Bonchev–Trinajstić information content (AvgIpc) is 3.16. The number of benzene rings is 4. The maximum Gasteiger partial charge on any atom is 0.246 e. The lowest BCUT2D eigenvalue weighted by Crippen LogP contribution is -2.47. The van der Waals surface area contributed by atoms with Crippen LogP contribution in [0, 0.1) is 5.82 Å². The summed E-state index contributed by atoms with van der Waals surface area (Å²) in [6.07, 6.45) is 5.73. The molecule has 11 heteroatoms. The minimum atomic E-state index is -0.289. The molecule has 276 valence electrons. The van der Waals surface area contributed by atoms with Gasteiger partial charge in [0.05, 0.1) is 24.4 Å². The van der Waals surface area contributed by atoms with Gasteiger partial charge in [-0.2, -0.15) is 0 Å². The summed E-state index contributed by atoms with van der Waals surface area (Å²) in [7, 11) is 0. The Bertz CT molecular complexity index is 1930. The van der Waals surface area contributed by atoms with E-state index in [1.807, 2.05) is 42.2 Å². The van der Waals surface area contributed by atoms with Crippen LogP contribution < -0.4 is 18.9 Å². The predicted molar refractivity (Wildman–Crippen MR) is 208 cm³/mol. The van der Waals surface area contributed by atoms with Crippen molar-refractivity contribution in [2.45, 2.75) is 26.5 Å². The maximum atomic E-state index is 13.1. The Hall–Kier alpha value is -5.09. The molecule has 0 atom stereocenters. The van der Waals surface area contributed by atoms with E-state index in [1.54, 1.807) is 54.7 Å². The van der Waals surface area contributed by atoms with Gasteiger partial charge in [0.15, 0.2) is 0 Å². The van der Waals surface area contributed by atoms with Crippen LogP contribution in [0.5, 0.6) is 28.9 Å². The van der Waals surface area contributed by atoms with Gasteiger partial charge in [0, 0.05) is 57.4 Å². The van der Waals surface area contributed by atoms with Crippen molar-refractivity contribution >= 4 is 36.0 Å². The molecule has 0 N–H and O–H groups in total. The molecule has 1 fully saturated rings. The number of piperazine rings is 1. The van der Waals surface area contributed by atoms with Crippen molar-refractivity contribution in [2.75, 3.05) is 39.4 Å². The van der Waals surface area contributed by atoms with Gasteiger partial charge in [-0.05, 0) is 77.7 Å². The number of aromatic nitrogens is 1. The van der Waals surface area contributed by atoms with E-state index in [9.17, 15) is 9.18 Å². The van der Waals surface area contributed by atoms with Crippen molar-refractivity contribution in [2.24, 2.45) is 0 Å². The summed E-state index contributed by atoms with van der Waals surface area (Å²) in [5, 5.41) is 0.395. The lowest BCUT2D eigenvalue weighted by Gasteiger charge is -2.34. The first kappa shape index (κ1) is 39.1. The Balaban J connectivity index is 0.00000541. The number of amides is 1. The molecule has 0 saturated carbocycles. The van der Waals surface area contributed by atoms with Crippen molar-refractivity contribution in [1.29, 1.82) is 0 Å². The van der Waals surface area contributed by atoms with E-state index in [0.717, 1.165) is 48.7 Å². The molecule has 8 nitrogen and oxygen atoms in total. The van der Waals surface area contributed by atoms with Crippen molar-refractivity contribution in [3.8, 4) is 28.9 Å². The third-order valence-electron chi connectivity index (χ3n) is 8.51. The van der Waals surface area contributed by atoms with Crippen LogP contribution in [0.1, 0.15) is 29.2 Å². The van der Waals surface area contributed by atoms with Crippen LogP contribution >= 0.6 is 24.0 Å². The second-order valence-corrected chi connectivity index (χ2v) is 12.7. The number of hydrogen-bond donors (Lipinski definition) is 0. The highest BCUT2D eigenvalue weighted by atomic mass is 35.5. The van der Waals surface area contributed by atoms with Crippen molar-refractivity contribution in [3.63, 3.8) is 0 Å². The van der Waals surface area contributed by atoms with Crippen LogP contribution in [0.15, 0.2) is 115 Å². The smallest absolute Gasteiger partial charge is 0.246 e. The molecule has 1 saturated heterocycles. The predicted octanol–water partition coefficient (Wildman–Crippen LogP) is 9.04. The zero-order chi connectivity index (χ0) is 36.1. The molecule has 0 bridgehead atoms. The summed E-state index contributed by atoms with van der Waals surface area (Å²) in [6, 6.07) is 31.3. The van der Waals surface area contributed by atoms with Gasteiger partial charge in [0.2, 0.25) is 11.8 Å². The Morgan fingerprint density at radius 2 is 1.53 bits per heavy atom. The van der Waals surface area contributed by atoms with Gasteiger partial charge in [-0.25, -0.2) is 9.37 Å². The highest BCUT2D eigenvalue weighted by Gasteiger charge is 2.20. The van der Waals surface area contributed by atoms with Crippen LogP contribution in [0.25, 0.3) is 6.08 Å². The standard InChI is InChI=1S/C42H41ClFN3O5.ClH/c1-2-49-36-4-3-5-37(27-36)50-25-20-31-6-8-33(9-7-31)29-46-21-23-47(24-22-46)42(48)19-13-32-12-17-40(39(43)26-32)52-41-18-16-38(28-45-41)51-30-34-10-14-35(44)15-11-34;/h3-19,26-28H,2,20-25,29-30H2,1H3;1H/b19-13+;. The third kappa shape index (κ3) is 12.0. The fraction of sp³-hybridized carbons (Fsp3) is 0.238. The Kier molecular flexibility index (Phi) is 14.5. The van der Waals surface area contributed by atoms with Crippen LogP contribution in [-0.4, -0.2) is 60.1 Å². The Labute approximate surface area is 321 Å². The molecule has 53 heavy (non-hydrogen) atoms. The van der Waals surface area contributed by atoms with Gasteiger partial charge < -0.3 is 23.8 Å². The van der Waals surface area contributed by atoms with Crippen molar-refractivity contribution < 1.29 is 28.1 Å². The summed E-state index contributed by atoms with van der Waals surface area (Å²) in [5.74, 6) is 2.66. The van der Waals surface area contributed by atoms with Gasteiger partial charge in [0.1, 0.15) is 35.4 Å². The number of rotatable bonds is 15. The van der Waals surface area contributed by atoms with Crippen LogP contribution in [0.4, 0.5) is 4.39 Å². The minimum absolute atomic E-state index is 0. The summed E-state index contributed by atoms with van der Waals surface area (Å²) >= 11 is 6.51. The van der Waals surface area contributed by atoms with Gasteiger partial charge in [-0.3, -0.25) is 9.69 Å². The molecule has 5 aromatic rings. The highest BCUT2D eigenvalue weighted by molar-refractivity contribution is 6.32. The molecule has 0 spiro atoms. The number of nitrogens with zero attached hydrogens (tertiary/aromatic N) is 3. The quantitative estimate of drug-likeness (QED) is 0.0988. The molecule has 0 aliphatic carbocycles. The largest absolute Gasteiger partial charge is 0.494 e. The van der Waals surface area contributed by atoms with E-state index in [-0.39, 0.29) is 24.1 Å². The van der Waals surface area contributed by atoms with Crippen molar-refractivity contribution in [1.82, 2.24) is 14.8 Å². The van der Waals surface area contributed by atoms with Gasteiger partial charge >= 0.3 is 0 Å². The summed E-state index contributed by atoms with van der Waals surface area (Å²) in [5.41, 5.74) is 4.11. The van der Waals surface area contributed by atoms with E-state index >= 15 is 0 Å². The van der Waals surface area contributed by atoms with E-state index in [2.05, 4.69) is 34.1 Å². The van der Waals surface area contributed by atoms with Gasteiger partial charge in [-0.15, -0.1) is 12.4 Å². The molecule has 6 rings (SSSR count). The SMILES string of the molecule is CCOc1cccc(OCCc2ccc(CN3CCN(C(=O)/C=C/c4ccc(Oc5ccc(OCc6ccc(F)cc6)cn5)c(Cl)c4)CC3)cc2)c1.Cl. The number of halogens is 3. The second-order valence-electron chi connectivity index (χ2n) is 12.3. The average molecular weight is 759 g/mol. The number of carbonyl (C=O) groups is 1. The molecule has 1 aliphatic rings. The van der Waals surface area contributed by atoms with E-state index in [1.165, 1.54) is 23.3 Å². The van der Waals surface area contributed by atoms with E-state index in [0.29, 0.717) is 55.3 Å². The molecule has 1 aromatic heterocycles. The molecule has 2 heterocycles.